The lowest BCUT2D eigenvalue weighted by atomic mass is 10.1. The van der Waals surface area contributed by atoms with Gasteiger partial charge in [0.25, 0.3) is 0 Å². The van der Waals surface area contributed by atoms with Crippen molar-refractivity contribution in [3.63, 3.8) is 0 Å². The van der Waals surface area contributed by atoms with Gasteiger partial charge in [0, 0.05) is 6.07 Å². The summed E-state index contributed by atoms with van der Waals surface area (Å²) in [6.45, 7) is 1.49. The van der Waals surface area contributed by atoms with Crippen molar-refractivity contribution < 1.29 is 41.0 Å². The van der Waals surface area contributed by atoms with Crippen LogP contribution in [0.3, 0.4) is 0 Å². The highest BCUT2D eigenvalue weighted by atomic mass is 19.2. The van der Waals surface area contributed by atoms with Crippen molar-refractivity contribution in [2.45, 2.75) is 64.9 Å². The average Bonchev–Trinajstić information content (AvgIpc) is 2.87. The van der Waals surface area contributed by atoms with Crippen molar-refractivity contribution in [1.29, 1.82) is 0 Å². The van der Waals surface area contributed by atoms with Gasteiger partial charge in [-0.15, -0.1) is 0 Å². The topological polar surface area (TPSA) is 44.8 Å². The number of rotatable bonds is 3. The van der Waals surface area contributed by atoms with Crippen LogP contribution in [0.4, 0.5) is 22.0 Å². The summed E-state index contributed by atoms with van der Waals surface area (Å²) in [6, 6.07) is 4.41. The Balaban J connectivity index is 1.77. The Morgan fingerprint density at radius 3 is 2.14 bits per heavy atom. The quantitative estimate of drug-likeness (QED) is 0.140. The van der Waals surface area contributed by atoms with Crippen LogP contribution in [-0.4, -0.2) is 19.2 Å². The molecule has 196 valence electrons. The second kappa shape index (κ2) is 13.3. The highest BCUT2D eigenvalue weighted by Gasteiger charge is 2.27. The first-order valence-corrected chi connectivity index (χ1v) is 12.0. The Morgan fingerprint density at radius 2 is 1.44 bits per heavy atom. The monoisotopic (exact) mass is 512 g/mol. The number of fused-ring (bicyclic) bond motifs is 2. The first kappa shape index (κ1) is 27.5. The number of halogens is 5. The molecular formula is C27H29F5O4. The molecule has 0 saturated carbocycles. The van der Waals surface area contributed by atoms with Gasteiger partial charge >= 0.3 is 5.97 Å². The molecule has 1 aliphatic heterocycles. The first-order chi connectivity index (χ1) is 17.3. The lowest BCUT2D eigenvalue weighted by molar-refractivity contribution is 0.0457. The normalized spacial score (nSPS) is 17.2. The molecule has 0 aliphatic carbocycles. The predicted octanol–water partition coefficient (Wildman–Crippen LogP) is 7.58. The van der Waals surface area contributed by atoms with Crippen LogP contribution < -0.4 is 9.47 Å². The van der Waals surface area contributed by atoms with Crippen LogP contribution >= 0.6 is 0 Å². The Kier molecular flexibility index (Phi) is 10.1. The zero-order valence-corrected chi connectivity index (χ0v) is 20.1. The number of hydrogen-bond donors (Lipinski definition) is 0. The summed E-state index contributed by atoms with van der Waals surface area (Å²) >= 11 is 0. The second-order valence-electron chi connectivity index (χ2n) is 8.73. The van der Waals surface area contributed by atoms with Crippen LogP contribution in [0.2, 0.25) is 0 Å². The maximum Gasteiger partial charge on any atom is 0.342 e. The summed E-state index contributed by atoms with van der Waals surface area (Å²) in [7, 11) is 0. The molecule has 4 nitrogen and oxygen atoms in total. The zero-order valence-electron chi connectivity index (χ0n) is 20.1. The highest BCUT2D eigenvalue weighted by Crippen LogP contribution is 2.28. The molecule has 0 aromatic heterocycles. The van der Waals surface area contributed by atoms with Gasteiger partial charge < -0.3 is 14.2 Å². The number of carbonyl (C=O) groups is 1. The molecule has 0 N–H and O–H groups in total. The number of benzene rings is 2. The van der Waals surface area contributed by atoms with Gasteiger partial charge in [-0.2, -0.15) is 0 Å². The van der Waals surface area contributed by atoms with Crippen LogP contribution in [0.1, 0.15) is 74.2 Å². The smallest absolute Gasteiger partial charge is 0.342 e. The molecule has 0 saturated heterocycles. The van der Waals surface area contributed by atoms with Gasteiger partial charge in [-0.25, -0.2) is 26.7 Å². The summed E-state index contributed by atoms with van der Waals surface area (Å²) in [6.07, 6.45) is 10.5. The molecule has 2 bridgehead atoms. The molecule has 1 heterocycles. The molecular weight excluding hydrogens is 483 g/mol. The van der Waals surface area contributed by atoms with Crippen molar-refractivity contribution in [2.24, 2.45) is 0 Å². The number of ether oxygens (including phenoxy) is 3. The van der Waals surface area contributed by atoms with E-state index < -0.39 is 47.2 Å². The molecule has 3 rings (SSSR count). The molecule has 2 aromatic rings. The summed E-state index contributed by atoms with van der Waals surface area (Å²) in [5, 5.41) is 0. The number of esters is 1. The maximum atomic E-state index is 13.9. The van der Waals surface area contributed by atoms with Crippen molar-refractivity contribution in [1.82, 2.24) is 0 Å². The van der Waals surface area contributed by atoms with E-state index in [0.717, 1.165) is 44.1 Å². The average molecular weight is 513 g/mol. The number of hydrogen-bond acceptors (Lipinski definition) is 4. The van der Waals surface area contributed by atoms with Crippen LogP contribution in [0.25, 0.3) is 0 Å². The molecule has 1 aliphatic rings. The lowest BCUT2D eigenvalue weighted by Gasteiger charge is -2.14. The van der Waals surface area contributed by atoms with E-state index in [-0.39, 0.29) is 11.3 Å². The molecule has 2 aromatic carbocycles. The van der Waals surface area contributed by atoms with E-state index in [4.69, 9.17) is 14.2 Å². The van der Waals surface area contributed by atoms with Gasteiger partial charge in [0.2, 0.25) is 5.82 Å². The van der Waals surface area contributed by atoms with E-state index in [9.17, 15) is 26.7 Å². The van der Waals surface area contributed by atoms with E-state index in [2.05, 4.69) is 6.08 Å². The Hall–Kier alpha value is -3.10. The van der Waals surface area contributed by atoms with Gasteiger partial charge in [0.1, 0.15) is 30.3 Å². The molecule has 0 spiro atoms. The van der Waals surface area contributed by atoms with Crippen molar-refractivity contribution >= 4 is 5.97 Å². The number of carbonyl (C=O) groups excluding carboxylic acids is 1. The molecule has 9 heteroatoms. The standard InChI is InChI=1S/C27H29F5O4/c1-17-10-8-6-4-2-3-5-7-9-13-34-21-14-18(35-15-17)11-12-19(21)27(33)36-16-20-22(28)24(30)26(32)25(31)23(20)29/h10-12,14H,2-9,13,15-16H2,1H3/b17-10-. The third-order valence-electron chi connectivity index (χ3n) is 5.89. The highest BCUT2D eigenvalue weighted by molar-refractivity contribution is 5.92. The molecule has 0 fully saturated rings. The van der Waals surface area contributed by atoms with Gasteiger partial charge in [-0.1, -0.05) is 38.2 Å². The van der Waals surface area contributed by atoms with E-state index in [1.807, 2.05) is 6.92 Å². The molecule has 0 amide bonds. The minimum absolute atomic E-state index is 0.0589. The fourth-order valence-corrected chi connectivity index (χ4v) is 3.79. The van der Waals surface area contributed by atoms with Crippen LogP contribution in [0.15, 0.2) is 29.8 Å². The Labute approximate surface area is 207 Å². The second-order valence-corrected chi connectivity index (χ2v) is 8.73. The SMILES string of the molecule is C/C1=C/CCCCCCCCCOc2cc(ccc2C(=O)OCc2c(F)c(F)c(F)c(F)c2F)OC1. The van der Waals surface area contributed by atoms with Gasteiger partial charge in [0.05, 0.1) is 12.2 Å². The molecule has 36 heavy (non-hydrogen) atoms. The van der Waals surface area contributed by atoms with Crippen molar-refractivity contribution in [3.05, 3.63) is 70.1 Å². The summed E-state index contributed by atoms with van der Waals surface area (Å²) in [5.74, 6) is -11.0. The minimum atomic E-state index is -2.28. The van der Waals surface area contributed by atoms with Crippen LogP contribution in [0.5, 0.6) is 11.5 Å². The van der Waals surface area contributed by atoms with Crippen LogP contribution in [0, 0.1) is 29.1 Å². The molecule has 0 unspecified atom stereocenters. The third kappa shape index (κ3) is 7.21. The zero-order chi connectivity index (χ0) is 26.1. The van der Waals surface area contributed by atoms with E-state index in [1.54, 1.807) is 0 Å². The Bertz CT molecular complexity index is 1070. The van der Waals surface area contributed by atoms with E-state index in [0.29, 0.717) is 19.0 Å². The predicted molar refractivity (Wildman–Crippen MR) is 123 cm³/mol. The number of allylic oxidation sites excluding steroid dienone is 1. The van der Waals surface area contributed by atoms with Gasteiger partial charge in [0.15, 0.2) is 23.3 Å². The molecule has 0 atom stereocenters. The summed E-state index contributed by atoms with van der Waals surface area (Å²) in [5.41, 5.74) is -0.230. The fourth-order valence-electron chi connectivity index (χ4n) is 3.79. The van der Waals surface area contributed by atoms with Crippen LogP contribution in [-0.2, 0) is 11.3 Å². The maximum absolute atomic E-state index is 13.9. The summed E-state index contributed by atoms with van der Waals surface area (Å²) in [4.78, 5) is 12.7. The Morgan fingerprint density at radius 1 is 0.833 bits per heavy atom. The first-order valence-electron chi connectivity index (χ1n) is 12.0. The van der Waals surface area contributed by atoms with E-state index in [1.165, 1.54) is 31.0 Å². The lowest BCUT2D eigenvalue weighted by Crippen LogP contribution is -2.13. The van der Waals surface area contributed by atoms with Crippen molar-refractivity contribution in [3.8, 4) is 11.5 Å². The van der Waals surface area contributed by atoms with Gasteiger partial charge in [-0.3, -0.25) is 0 Å². The summed E-state index contributed by atoms with van der Waals surface area (Å²) < 4.78 is 84.5. The minimum Gasteiger partial charge on any atom is -0.493 e. The molecule has 0 radical (unpaired) electrons. The largest absolute Gasteiger partial charge is 0.493 e. The fraction of sp³-hybridized carbons (Fsp3) is 0.444. The third-order valence-corrected chi connectivity index (χ3v) is 5.89. The van der Waals surface area contributed by atoms with Crippen molar-refractivity contribution in [2.75, 3.05) is 13.2 Å². The van der Waals surface area contributed by atoms with Gasteiger partial charge in [-0.05, 0) is 43.9 Å². The van der Waals surface area contributed by atoms with E-state index >= 15 is 0 Å².